The van der Waals surface area contributed by atoms with Crippen molar-refractivity contribution in [3.63, 3.8) is 0 Å². The molecule has 1 rings (SSSR count). The Balaban J connectivity index is 2.73. The largest absolute Gasteiger partial charge is 0.465 e. The molecule has 19 heavy (non-hydrogen) atoms. The molecular weight excluding hydrogens is 236 g/mol. The average molecular weight is 258 g/mol. The number of carbonyl (C=O) groups is 1. The number of esters is 1. The molecule has 0 aliphatic heterocycles. The zero-order valence-electron chi connectivity index (χ0n) is 11.8. The minimum Gasteiger partial charge on any atom is -0.465 e. The molecule has 2 heteroatoms. The van der Waals surface area contributed by atoms with Crippen LogP contribution in [-0.2, 0) is 4.74 Å². The molecule has 0 unspecified atom stereocenters. The van der Waals surface area contributed by atoms with Gasteiger partial charge in [0.15, 0.2) is 0 Å². The van der Waals surface area contributed by atoms with Crippen LogP contribution in [-0.4, -0.2) is 13.1 Å². The quantitative estimate of drug-likeness (QED) is 0.405. The predicted octanol–water partition coefficient (Wildman–Crippen LogP) is 4.62. The van der Waals surface area contributed by atoms with Gasteiger partial charge in [0.25, 0.3) is 0 Å². The zero-order valence-corrected chi connectivity index (χ0v) is 11.8. The van der Waals surface area contributed by atoms with Crippen molar-refractivity contribution in [1.82, 2.24) is 0 Å². The Kier molecular flexibility index (Phi) is 6.65. The molecule has 0 spiro atoms. The molecule has 1 aromatic carbocycles. The SMILES string of the molecule is C=C/C(=C\c1ccc(C(=O)OC)cc1)CCCCC. The van der Waals surface area contributed by atoms with Crippen molar-refractivity contribution in [2.45, 2.75) is 32.6 Å². The highest BCUT2D eigenvalue weighted by molar-refractivity contribution is 5.89. The van der Waals surface area contributed by atoms with E-state index in [1.807, 2.05) is 18.2 Å². The Morgan fingerprint density at radius 2 is 1.95 bits per heavy atom. The van der Waals surface area contributed by atoms with Gasteiger partial charge in [-0.2, -0.15) is 0 Å². The van der Waals surface area contributed by atoms with E-state index >= 15 is 0 Å². The second kappa shape index (κ2) is 8.30. The number of carbonyl (C=O) groups excluding carboxylic acids is 1. The van der Waals surface area contributed by atoms with Crippen LogP contribution < -0.4 is 0 Å². The summed E-state index contributed by atoms with van der Waals surface area (Å²) in [6.45, 7) is 6.05. The van der Waals surface area contributed by atoms with Crippen LogP contribution in [0.4, 0.5) is 0 Å². The van der Waals surface area contributed by atoms with Crippen LogP contribution in [0.25, 0.3) is 6.08 Å². The summed E-state index contributed by atoms with van der Waals surface area (Å²) in [5.41, 5.74) is 2.89. The van der Waals surface area contributed by atoms with Crippen molar-refractivity contribution in [1.29, 1.82) is 0 Å². The second-order valence-corrected chi connectivity index (χ2v) is 4.49. The van der Waals surface area contributed by atoms with Gasteiger partial charge in [0, 0.05) is 0 Å². The number of hydrogen-bond donors (Lipinski definition) is 0. The normalized spacial score (nSPS) is 11.2. The Morgan fingerprint density at radius 1 is 1.26 bits per heavy atom. The van der Waals surface area contributed by atoms with Crippen molar-refractivity contribution in [3.8, 4) is 0 Å². The van der Waals surface area contributed by atoms with E-state index in [4.69, 9.17) is 0 Å². The van der Waals surface area contributed by atoms with Crippen LogP contribution in [0.5, 0.6) is 0 Å². The van der Waals surface area contributed by atoms with Gasteiger partial charge in [0.05, 0.1) is 12.7 Å². The van der Waals surface area contributed by atoms with Gasteiger partial charge < -0.3 is 4.74 Å². The maximum atomic E-state index is 11.3. The number of allylic oxidation sites excluding steroid dienone is 2. The lowest BCUT2D eigenvalue weighted by atomic mass is 10.0. The summed E-state index contributed by atoms with van der Waals surface area (Å²) < 4.78 is 4.67. The smallest absolute Gasteiger partial charge is 0.337 e. The van der Waals surface area contributed by atoms with Crippen LogP contribution >= 0.6 is 0 Å². The third-order valence-electron chi connectivity index (χ3n) is 3.02. The Morgan fingerprint density at radius 3 is 2.47 bits per heavy atom. The van der Waals surface area contributed by atoms with E-state index in [0.29, 0.717) is 5.56 Å². The van der Waals surface area contributed by atoms with Gasteiger partial charge in [0.2, 0.25) is 0 Å². The van der Waals surface area contributed by atoms with E-state index in [1.165, 1.54) is 31.9 Å². The molecule has 0 N–H and O–H groups in total. The number of hydrogen-bond acceptors (Lipinski definition) is 2. The first-order valence-corrected chi connectivity index (χ1v) is 6.72. The molecule has 1 aromatic rings. The van der Waals surface area contributed by atoms with Crippen molar-refractivity contribution < 1.29 is 9.53 Å². The van der Waals surface area contributed by atoms with Gasteiger partial charge in [-0.3, -0.25) is 0 Å². The summed E-state index contributed by atoms with van der Waals surface area (Å²) in [5.74, 6) is -0.303. The predicted molar refractivity (Wildman–Crippen MR) is 80.1 cm³/mol. The molecule has 0 saturated carbocycles. The van der Waals surface area contributed by atoms with Gasteiger partial charge in [-0.15, -0.1) is 0 Å². The standard InChI is InChI=1S/C17H22O2/c1-4-6-7-8-14(5-2)13-15-9-11-16(12-10-15)17(18)19-3/h5,9-13H,2,4,6-8H2,1,3H3/b14-13+. The van der Waals surface area contributed by atoms with Crippen molar-refractivity contribution in [2.24, 2.45) is 0 Å². The van der Waals surface area contributed by atoms with E-state index in [2.05, 4.69) is 24.3 Å². The number of methoxy groups -OCH3 is 1. The first-order chi connectivity index (χ1) is 9.21. The molecule has 0 aliphatic rings. The molecular formula is C17H22O2. The molecule has 0 saturated heterocycles. The van der Waals surface area contributed by atoms with Gasteiger partial charge >= 0.3 is 5.97 Å². The maximum Gasteiger partial charge on any atom is 0.337 e. The average Bonchev–Trinajstić information content (AvgIpc) is 2.46. The number of rotatable bonds is 7. The summed E-state index contributed by atoms with van der Waals surface area (Å²) in [5, 5.41) is 0. The van der Waals surface area contributed by atoms with Crippen LogP contribution in [0.2, 0.25) is 0 Å². The minimum atomic E-state index is -0.303. The van der Waals surface area contributed by atoms with Gasteiger partial charge in [-0.1, -0.05) is 50.6 Å². The van der Waals surface area contributed by atoms with E-state index in [9.17, 15) is 4.79 Å². The van der Waals surface area contributed by atoms with Crippen molar-refractivity contribution in [2.75, 3.05) is 7.11 Å². The van der Waals surface area contributed by atoms with Crippen molar-refractivity contribution in [3.05, 3.63) is 53.6 Å². The van der Waals surface area contributed by atoms with E-state index in [1.54, 1.807) is 12.1 Å². The summed E-state index contributed by atoms with van der Waals surface area (Å²) in [6, 6.07) is 7.42. The molecule has 0 atom stereocenters. The fraction of sp³-hybridized carbons (Fsp3) is 0.353. The molecule has 0 bridgehead atoms. The van der Waals surface area contributed by atoms with E-state index < -0.39 is 0 Å². The topological polar surface area (TPSA) is 26.3 Å². The highest BCUT2D eigenvalue weighted by Crippen LogP contribution is 2.15. The first kappa shape index (κ1) is 15.2. The summed E-state index contributed by atoms with van der Waals surface area (Å²) in [4.78, 5) is 11.3. The maximum absolute atomic E-state index is 11.3. The zero-order chi connectivity index (χ0) is 14.1. The lowest BCUT2D eigenvalue weighted by Crippen LogP contribution is -2.00. The minimum absolute atomic E-state index is 0.303. The van der Waals surface area contributed by atoms with Gasteiger partial charge in [0.1, 0.15) is 0 Å². The fourth-order valence-electron chi connectivity index (χ4n) is 1.86. The lowest BCUT2D eigenvalue weighted by Gasteiger charge is -2.03. The Labute approximate surface area is 115 Å². The van der Waals surface area contributed by atoms with Gasteiger partial charge in [-0.05, 0) is 36.1 Å². The number of benzene rings is 1. The Bertz CT molecular complexity index is 441. The second-order valence-electron chi connectivity index (χ2n) is 4.49. The van der Waals surface area contributed by atoms with Crippen molar-refractivity contribution >= 4 is 12.0 Å². The van der Waals surface area contributed by atoms with E-state index in [-0.39, 0.29) is 5.97 Å². The first-order valence-electron chi connectivity index (χ1n) is 6.72. The molecule has 0 radical (unpaired) electrons. The summed E-state index contributed by atoms with van der Waals surface area (Å²) >= 11 is 0. The molecule has 0 aromatic heterocycles. The highest BCUT2D eigenvalue weighted by Gasteiger charge is 2.03. The summed E-state index contributed by atoms with van der Waals surface area (Å²) in [7, 11) is 1.39. The van der Waals surface area contributed by atoms with Crippen LogP contribution in [0.1, 0.15) is 48.5 Å². The summed E-state index contributed by atoms with van der Waals surface area (Å²) in [6.07, 6.45) is 8.73. The molecule has 0 aliphatic carbocycles. The fourth-order valence-corrected chi connectivity index (χ4v) is 1.86. The number of ether oxygens (including phenoxy) is 1. The molecule has 0 fully saturated rings. The van der Waals surface area contributed by atoms with Crippen LogP contribution in [0.3, 0.4) is 0 Å². The van der Waals surface area contributed by atoms with Gasteiger partial charge in [-0.25, -0.2) is 4.79 Å². The third-order valence-corrected chi connectivity index (χ3v) is 3.02. The molecule has 2 nitrogen and oxygen atoms in total. The monoisotopic (exact) mass is 258 g/mol. The molecule has 0 amide bonds. The molecule has 0 heterocycles. The number of unbranched alkanes of at least 4 members (excludes halogenated alkanes) is 2. The highest BCUT2D eigenvalue weighted by atomic mass is 16.5. The third kappa shape index (κ3) is 5.12. The lowest BCUT2D eigenvalue weighted by molar-refractivity contribution is 0.0601. The van der Waals surface area contributed by atoms with Crippen LogP contribution in [0, 0.1) is 0 Å². The Hall–Kier alpha value is -1.83. The molecule has 102 valence electrons. The van der Waals surface area contributed by atoms with E-state index in [0.717, 1.165) is 12.0 Å². The van der Waals surface area contributed by atoms with Crippen LogP contribution in [0.15, 0.2) is 42.5 Å².